The van der Waals surface area contributed by atoms with Crippen LogP contribution in [0.15, 0.2) is 24.3 Å². The molecule has 1 N–H and O–H groups in total. The average Bonchev–Trinajstić information content (AvgIpc) is 2.01. The third-order valence-corrected chi connectivity index (χ3v) is 2.01. The SMILES string of the molecule is O=C1C[C@@H](c2ccccc2F)N1. The Balaban J connectivity index is 2.23. The van der Waals surface area contributed by atoms with E-state index in [2.05, 4.69) is 5.32 Å². The fourth-order valence-electron chi connectivity index (χ4n) is 1.30. The van der Waals surface area contributed by atoms with Crippen LogP contribution in [0.1, 0.15) is 18.0 Å². The fourth-order valence-corrected chi connectivity index (χ4v) is 1.30. The van der Waals surface area contributed by atoms with Gasteiger partial charge in [0.05, 0.1) is 12.5 Å². The third kappa shape index (κ3) is 1.07. The average molecular weight is 165 g/mol. The van der Waals surface area contributed by atoms with E-state index in [9.17, 15) is 9.18 Å². The Kier molecular flexibility index (Phi) is 1.57. The van der Waals surface area contributed by atoms with Crippen molar-refractivity contribution in [2.45, 2.75) is 12.5 Å². The van der Waals surface area contributed by atoms with Crippen molar-refractivity contribution >= 4 is 5.91 Å². The maximum atomic E-state index is 13.0. The van der Waals surface area contributed by atoms with E-state index in [0.29, 0.717) is 12.0 Å². The standard InChI is InChI=1S/C9H8FNO/c10-7-4-2-1-3-6(7)8-5-9(12)11-8/h1-4,8H,5H2,(H,11,12)/t8-/m0/s1. The summed E-state index contributed by atoms with van der Waals surface area (Å²) in [4.78, 5) is 10.6. The lowest BCUT2D eigenvalue weighted by Gasteiger charge is -2.27. The van der Waals surface area contributed by atoms with Crippen LogP contribution in [0.4, 0.5) is 4.39 Å². The summed E-state index contributed by atoms with van der Waals surface area (Å²) in [5.74, 6) is -0.259. The van der Waals surface area contributed by atoms with Gasteiger partial charge in [-0.25, -0.2) is 4.39 Å². The molecule has 1 fully saturated rings. The molecular formula is C9H8FNO. The highest BCUT2D eigenvalue weighted by Crippen LogP contribution is 2.25. The minimum atomic E-state index is -0.248. The lowest BCUT2D eigenvalue weighted by atomic mass is 9.97. The van der Waals surface area contributed by atoms with Gasteiger partial charge in [-0.15, -0.1) is 0 Å². The zero-order valence-electron chi connectivity index (χ0n) is 6.38. The first-order valence-electron chi connectivity index (χ1n) is 3.81. The van der Waals surface area contributed by atoms with Gasteiger partial charge in [-0.2, -0.15) is 0 Å². The summed E-state index contributed by atoms with van der Waals surface area (Å²) in [6.07, 6.45) is 0.404. The highest BCUT2D eigenvalue weighted by atomic mass is 19.1. The molecule has 0 aromatic heterocycles. The van der Waals surface area contributed by atoms with Crippen molar-refractivity contribution in [1.29, 1.82) is 0 Å². The normalized spacial score (nSPS) is 21.4. The Morgan fingerprint density at radius 2 is 2.08 bits per heavy atom. The Labute approximate surface area is 69.4 Å². The first-order chi connectivity index (χ1) is 5.77. The van der Waals surface area contributed by atoms with Crippen molar-refractivity contribution in [1.82, 2.24) is 5.32 Å². The van der Waals surface area contributed by atoms with Crippen molar-refractivity contribution < 1.29 is 9.18 Å². The second-order valence-electron chi connectivity index (χ2n) is 2.85. The number of carbonyl (C=O) groups excluding carboxylic acids is 1. The maximum Gasteiger partial charge on any atom is 0.222 e. The predicted molar refractivity (Wildman–Crippen MR) is 41.9 cm³/mol. The van der Waals surface area contributed by atoms with E-state index in [0.717, 1.165) is 0 Å². The van der Waals surface area contributed by atoms with E-state index in [1.54, 1.807) is 18.2 Å². The molecule has 3 heteroatoms. The van der Waals surface area contributed by atoms with Gasteiger partial charge in [-0.1, -0.05) is 18.2 Å². The van der Waals surface area contributed by atoms with Gasteiger partial charge in [-0.3, -0.25) is 4.79 Å². The molecule has 1 atom stereocenters. The summed E-state index contributed by atoms with van der Waals surface area (Å²) >= 11 is 0. The predicted octanol–water partition coefficient (Wildman–Crippen LogP) is 1.39. The summed E-state index contributed by atoms with van der Waals surface area (Å²) in [5.41, 5.74) is 0.581. The molecule has 2 nitrogen and oxygen atoms in total. The lowest BCUT2D eigenvalue weighted by Crippen LogP contribution is -2.41. The van der Waals surface area contributed by atoms with Crippen molar-refractivity contribution in [3.05, 3.63) is 35.6 Å². The summed E-state index contributed by atoms with van der Waals surface area (Å²) in [6, 6.07) is 6.39. The molecule has 1 saturated heterocycles. The summed E-state index contributed by atoms with van der Waals surface area (Å²) < 4.78 is 13.0. The molecule has 0 radical (unpaired) electrons. The Bertz CT molecular complexity index is 316. The van der Waals surface area contributed by atoms with Crippen LogP contribution in [0.3, 0.4) is 0 Å². The quantitative estimate of drug-likeness (QED) is 0.626. The molecular weight excluding hydrogens is 157 g/mol. The largest absolute Gasteiger partial charge is 0.349 e. The van der Waals surface area contributed by atoms with Gasteiger partial charge in [0.25, 0.3) is 0 Å². The molecule has 0 saturated carbocycles. The van der Waals surface area contributed by atoms with Gasteiger partial charge in [0.15, 0.2) is 0 Å². The molecule has 1 aliphatic rings. The first-order valence-corrected chi connectivity index (χ1v) is 3.81. The number of carbonyl (C=O) groups is 1. The molecule has 1 aromatic rings. The smallest absolute Gasteiger partial charge is 0.222 e. The zero-order chi connectivity index (χ0) is 8.55. The molecule has 1 aromatic carbocycles. The van der Waals surface area contributed by atoms with Gasteiger partial charge in [0, 0.05) is 5.56 Å². The molecule has 1 amide bonds. The monoisotopic (exact) mass is 165 g/mol. The number of β-lactam (4-membered cyclic amide) rings is 1. The van der Waals surface area contributed by atoms with E-state index >= 15 is 0 Å². The third-order valence-electron chi connectivity index (χ3n) is 2.01. The Morgan fingerprint density at radius 3 is 2.67 bits per heavy atom. The highest BCUT2D eigenvalue weighted by Gasteiger charge is 2.28. The number of hydrogen-bond acceptors (Lipinski definition) is 1. The van der Waals surface area contributed by atoms with Crippen LogP contribution in [0.25, 0.3) is 0 Å². The van der Waals surface area contributed by atoms with Gasteiger partial charge in [0.1, 0.15) is 5.82 Å². The minimum Gasteiger partial charge on any atom is -0.349 e. The minimum absolute atomic E-state index is 0.0109. The van der Waals surface area contributed by atoms with Crippen molar-refractivity contribution in [2.75, 3.05) is 0 Å². The fraction of sp³-hybridized carbons (Fsp3) is 0.222. The molecule has 1 heterocycles. The molecule has 12 heavy (non-hydrogen) atoms. The van der Waals surface area contributed by atoms with Crippen LogP contribution in [-0.4, -0.2) is 5.91 Å². The van der Waals surface area contributed by atoms with Crippen LogP contribution in [0.5, 0.6) is 0 Å². The molecule has 62 valence electrons. The van der Waals surface area contributed by atoms with Crippen molar-refractivity contribution in [3.8, 4) is 0 Å². The number of rotatable bonds is 1. The van der Waals surface area contributed by atoms with Crippen LogP contribution < -0.4 is 5.32 Å². The topological polar surface area (TPSA) is 29.1 Å². The van der Waals surface area contributed by atoms with Gasteiger partial charge in [0.2, 0.25) is 5.91 Å². The van der Waals surface area contributed by atoms with Crippen molar-refractivity contribution in [2.24, 2.45) is 0 Å². The van der Waals surface area contributed by atoms with E-state index < -0.39 is 0 Å². The summed E-state index contributed by atoms with van der Waals surface area (Å²) in [6.45, 7) is 0. The lowest BCUT2D eigenvalue weighted by molar-refractivity contribution is -0.128. The first kappa shape index (κ1) is 7.28. The number of halogens is 1. The molecule has 0 bridgehead atoms. The molecule has 0 spiro atoms. The Morgan fingerprint density at radius 1 is 1.42 bits per heavy atom. The van der Waals surface area contributed by atoms with E-state index in [-0.39, 0.29) is 17.8 Å². The number of nitrogens with one attached hydrogen (secondary N) is 1. The van der Waals surface area contributed by atoms with E-state index in [4.69, 9.17) is 0 Å². The van der Waals surface area contributed by atoms with Crippen LogP contribution in [-0.2, 0) is 4.79 Å². The maximum absolute atomic E-state index is 13.0. The number of amides is 1. The Hall–Kier alpha value is -1.38. The van der Waals surface area contributed by atoms with Gasteiger partial charge in [-0.05, 0) is 6.07 Å². The van der Waals surface area contributed by atoms with E-state index in [1.807, 2.05) is 0 Å². The van der Waals surface area contributed by atoms with E-state index in [1.165, 1.54) is 6.07 Å². The summed E-state index contributed by atoms with van der Waals surface area (Å²) in [7, 11) is 0. The van der Waals surface area contributed by atoms with Crippen LogP contribution in [0, 0.1) is 5.82 Å². The molecule has 0 aliphatic carbocycles. The van der Waals surface area contributed by atoms with Gasteiger partial charge < -0.3 is 5.32 Å². The van der Waals surface area contributed by atoms with Gasteiger partial charge >= 0.3 is 0 Å². The highest BCUT2D eigenvalue weighted by molar-refractivity contribution is 5.83. The van der Waals surface area contributed by atoms with Crippen LogP contribution >= 0.6 is 0 Å². The van der Waals surface area contributed by atoms with Crippen LogP contribution in [0.2, 0.25) is 0 Å². The van der Waals surface area contributed by atoms with Crippen molar-refractivity contribution in [3.63, 3.8) is 0 Å². The molecule has 0 unspecified atom stereocenters. The molecule has 1 aliphatic heterocycles. The summed E-state index contributed by atoms with van der Waals surface area (Å²) in [5, 5.41) is 2.62. The zero-order valence-corrected chi connectivity index (χ0v) is 6.38. The number of benzene rings is 1. The second kappa shape index (κ2) is 2.59. The number of hydrogen-bond donors (Lipinski definition) is 1. The second-order valence-corrected chi connectivity index (χ2v) is 2.85. The molecule has 2 rings (SSSR count).